The van der Waals surface area contributed by atoms with E-state index in [1.807, 2.05) is 0 Å². The first kappa shape index (κ1) is 13.6. The lowest BCUT2D eigenvalue weighted by Crippen LogP contribution is -2.45. The first-order chi connectivity index (χ1) is 8.49. The molecule has 1 aromatic carbocycles. The predicted molar refractivity (Wildman–Crippen MR) is 77.8 cm³/mol. The molecule has 1 saturated carbocycles. The van der Waals surface area contributed by atoms with Gasteiger partial charge in [-0.3, -0.25) is 0 Å². The second kappa shape index (κ2) is 5.41. The molecule has 0 aromatic heterocycles. The van der Waals surface area contributed by atoms with Gasteiger partial charge in [-0.1, -0.05) is 50.1 Å². The van der Waals surface area contributed by atoms with Gasteiger partial charge < -0.3 is 11.1 Å². The molecule has 2 nitrogen and oxygen atoms in total. The second-order valence-electron chi connectivity index (χ2n) is 6.33. The Kier molecular flexibility index (Phi) is 4.08. The van der Waals surface area contributed by atoms with Crippen LogP contribution >= 0.6 is 0 Å². The average Bonchev–Trinajstić information content (AvgIpc) is 2.73. The van der Waals surface area contributed by atoms with Gasteiger partial charge in [0.1, 0.15) is 0 Å². The molecule has 0 amide bonds. The Hall–Kier alpha value is -0.860. The summed E-state index contributed by atoms with van der Waals surface area (Å²) in [5.74, 6) is 0. The number of hydrogen-bond donors (Lipinski definition) is 2. The van der Waals surface area contributed by atoms with Gasteiger partial charge in [0.15, 0.2) is 0 Å². The largest absolute Gasteiger partial charge is 0.326 e. The number of nitrogens with one attached hydrogen (secondary N) is 1. The van der Waals surface area contributed by atoms with Gasteiger partial charge >= 0.3 is 0 Å². The summed E-state index contributed by atoms with van der Waals surface area (Å²) in [6.45, 7) is 7.72. The van der Waals surface area contributed by atoms with Gasteiger partial charge in [-0.2, -0.15) is 0 Å². The smallest absolute Gasteiger partial charge is 0.0219 e. The van der Waals surface area contributed by atoms with Gasteiger partial charge in [-0.05, 0) is 25.3 Å². The van der Waals surface area contributed by atoms with E-state index < -0.39 is 0 Å². The molecular weight excluding hydrogens is 220 g/mol. The number of rotatable bonds is 4. The molecule has 0 bridgehead atoms. The maximum Gasteiger partial charge on any atom is 0.0219 e. The first-order valence-electron chi connectivity index (χ1n) is 7.05. The fourth-order valence-electron chi connectivity index (χ4n) is 2.74. The minimum atomic E-state index is 0.163. The molecule has 0 spiro atoms. The Morgan fingerprint density at radius 3 is 2.44 bits per heavy atom. The third kappa shape index (κ3) is 3.12. The van der Waals surface area contributed by atoms with Crippen LogP contribution in [0.3, 0.4) is 0 Å². The van der Waals surface area contributed by atoms with Crippen molar-refractivity contribution in [1.29, 1.82) is 0 Å². The molecular formula is C16H26N2. The molecule has 2 atom stereocenters. The zero-order chi connectivity index (χ0) is 13.2. The van der Waals surface area contributed by atoms with Crippen LogP contribution in [0.25, 0.3) is 0 Å². The minimum absolute atomic E-state index is 0.163. The van der Waals surface area contributed by atoms with E-state index in [9.17, 15) is 0 Å². The summed E-state index contributed by atoms with van der Waals surface area (Å²) in [4.78, 5) is 0. The van der Waals surface area contributed by atoms with Crippen molar-refractivity contribution in [2.24, 2.45) is 5.73 Å². The highest BCUT2D eigenvalue weighted by atomic mass is 15.0. The molecule has 18 heavy (non-hydrogen) atoms. The predicted octanol–water partition coefficient (Wildman–Crippen LogP) is 2.74. The highest BCUT2D eigenvalue weighted by molar-refractivity contribution is 5.27. The molecule has 0 radical (unpaired) electrons. The number of aryl methyl sites for hydroxylation is 1. The van der Waals surface area contributed by atoms with E-state index >= 15 is 0 Å². The van der Waals surface area contributed by atoms with Gasteiger partial charge in [0.2, 0.25) is 0 Å². The number of nitrogens with two attached hydrogens (primary N) is 1. The second-order valence-corrected chi connectivity index (χ2v) is 6.33. The van der Waals surface area contributed by atoms with Gasteiger partial charge in [-0.15, -0.1) is 0 Å². The first-order valence-corrected chi connectivity index (χ1v) is 7.05. The lowest BCUT2D eigenvalue weighted by Gasteiger charge is -2.29. The van der Waals surface area contributed by atoms with Crippen molar-refractivity contribution in [2.45, 2.75) is 57.5 Å². The molecule has 1 aliphatic carbocycles. The van der Waals surface area contributed by atoms with Crippen LogP contribution in [0.2, 0.25) is 0 Å². The standard InChI is InChI=1S/C16H26N2/c1-12-7-9-13(10-8-12)16(2,3)11-18-15-6-4-5-14(15)17/h7-10,14-15,18H,4-6,11,17H2,1-3H3. The van der Waals surface area contributed by atoms with Crippen molar-refractivity contribution in [3.63, 3.8) is 0 Å². The third-order valence-corrected chi connectivity index (χ3v) is 4.21. The van der Waals surface area contributed by atoms with Crippen LogP contribution in [-0.2, 0) is 5.41 Å². The highest BCUT2D eigenvalue weighted by Gasteiger charge is 2.27. The summed E-state index contributed by atoms with van der Waals surface area (Å²) in [6.07, 6.45) is 3.66. The molecule has 0 saturated heterocycles. The van der Waals surface area contributed by atoms with Crippen molar-refractivity contribution < 1.29 is 0 Å². The molecule has 3 N–H and O–H groups in total. The fraction of sp³-hybridized carbons (Fsp3) is 0.625. The van der Waals surface area contributed by atoms with Crippen molar-refractivity contribution >= 4 is 0 Å². The van der Waals surface area contributed by atoms with Crippen molar-refractivity contribution in [1.82, 2.24) is 5.32 Å². The Morgan fingerprint density at radius 2 is 1.89 bits per heavy atom. The summed E-state index contributed by atoms with van der Waals surface area (Å²) >= 11 is 0. The molecule has 2 heteroatoms. The summed E-state index contributed by atoms with van der Waals surface area (Å²) in [7, 11) is 0. The molecule has 2 unspecified atom stereocenters. The van der Waals surface area contributed by atoms with E-state index in [0.717, 1.165) is 6.54 Å². The lowest BCUT2D eigenvalue weighted by molar-refractivity contribution is 0.400. The number of hydrogen-bond acceptors (Lipinski definition) is 2. The van der Waals surface area contributed by atoms with Gasteiger partial charge in [-0.25, -0.2) is 0 Å². The summed E-state index contributed by atoms with van der Waals surface area (Å²) in [5.41, 5.74) is 8.98. The third-order valence-electron chi connectivity index (χ3n) is 4.21. The Balaban J connectivity index is 1.96. The molecule has 2 rings (SSSR count). The zero-order valence-corrected chi connectivity index (χ0v) is 11.9. The van der Waals surface area contributed by atoms with Crippen LogP contribution in [0.4, 0.5) is 0 Å². The van der Waals surface area contributed by atoms with E-state index in [2.05, 4.69) is 50.4 Å². The summed E-state index contributed by atoms with van der Waals surface area (Å²) in [6, 6.07) is 9.72. The van der Waals surface area contributed by atoms with Crippen LogP contribution in [0, 0.1) is 6.92 Å². The van der Waals surface area contributed by atoms with Gasteiger partial charge in [0.25, 0.3) is 0 Å². The van der Waals surface area contributed by atoms with E-state index in [4.69, 9.17) is 5.73 Å². The molecule has 1 fully saturated rings. The Morgan fingerprint density at radius 1 is 1.22 bits per heavy atom. The highest BCUT2D eigenvalue weighted by Crippen LogP contribution is 2.24. The normalized spacial score (nSPS) is 24.4. The molecule has 1 aromatic rings. The van der Waals surface area contributed by atoms with Crippen LogP contribution in [-0.4, -0.2) is 18.6 Å². The topological polar surface area (TPSA) is 38.0 Å². The van der Waals surface area contributed by atoms with Crippen LogP contribution in [0.5, 0.6) is 0 Å². The summed E-state index contributed by atoms with van der Waals surface area (Å²) in [5, 5.41) is 3.66. The van der Waals surface area contributed by atoms with Crippen molar-refractivity contribution in [2.75, 3.05) is 6.54 Å². The average molecular weight is 246 g/mol. The van der Waals surface area contributed by atoms with Gasteiger partial charge in [0.05, 0.1) is 0 Å². The molecule has 0 aliphatic heterocycles. The minimum Gasteiger partial charge on any atom is -0.326 e. The number of benzene rings is 1. The zero-order valence-electron chi connectivity index (χ0n) is 11.9. The molecule has 1 aliphatic rings. The maximum atomic E-state index is 6.10. The van der Waals surface area contributed by atoms with Crippen LogP contribution in [0.15, 0.2) is 24.3 Å². The van der Waals surface area contributed by atoms with E-state index in [-0.39, 0.29) is 5.41 Å². The van der Waals surface area contributed by atoms with E-state index in [1.165, 1.54) is 30.4 Å². The van der Waals surface area contributed by atoms with E-state index in [1.54, 1.807) is 0 Å². The van der Waals surface area contributed by atoms with Crippen LogP contribution < -0.4 is 11.1 Å². The molecule has 0 heterocycles. The van der Waals surface area contributed by atoms with Crippen LogP contribution in [0.1, 0.15) is 44.2 Å². The summed E-state index contributed by atoms with van der Waals surface area (Å²) < 4.78 is 0. The molecule has 100 valence electrons. The quantitative estimate of drug-likeness (QED) is 0.857. The van der Waals surface area contributed by atoms with Crippen molar-refractivity contribution in [3.05, 3.63) is 35.4 Å². The Labute approximate surface area is 111 Å². The van der Waals surface area contributed by atoms with E-state index in [0.29, 0.717) is 12.1 Å². The maximum absolute atomic E-state index is 6.10. The monoisotopic (exact) mass is 246 g/mol. The SMILES string of the molecule is Cc1ccc(C(C)(C)CNC2CCCC2N)cc1. The fourth-order valence-corrected chi connectivity index (χ4v) is 2.74. The van der Waals surface area contributed by atoms with Gasteiger partial charge in [0, 0.05) is 24.0 Å². The lowest BCUT2D eigenvalue weighted by atomic mass is 9.84. The Bertz CT molecular complexity index is 381. The van der Waals surface area contributed by atoms with Crippen molar-refractivity contribution in [3.8, 4) is 0 Å².